The summed E-state index contributed by atoms with van der Waals surface area (Å²) >= 11 is 0. The van der Waals surface area contributed by atoms with E-state index in [1.165, 1.54) is 0 Å². The summed E-state index contributed by atoms with van der Waals surface area (Å²) in [6.45, 7) is 0. The molecule has 4 nitrogen and oxygen atoms in total. The van der Waals surface area contributed by atoms with Crippen LogP contribution in [0.4, 0.5) is 0 Å². The minimum absolute atomic E-state index is 0. The summed E-state index contributed by atoms with van der Waals surface area (Å²) < 4.78 is 0. The second-order valence-electron chi connectivity index (χ2n) is 1.01. The molecule has 4 radical (unpaired) electrons. The number of aliphatic carboxylic acids is 2. The van der Waals surface area contributed by atoms with E-state index in [2.05, 4.69) is 0 Å². The zero-order valence-electron chi connectivity index (χ0n) is 4.37. The van der Waals surface area contributed by atoms with Crippen LogP contribution in [0, 0.1) is 0 Å². The fraction of sp³-hybridized carbons (Fsp3) is 0. The molecule has 5 heteroatoms. The van der Waals surface area contributed by atoms with Crippen LogP contribution in [0.25, 0.3) is 0 Å². The Morgan fingerprint density at radius 2 is 1.22 bits per heavy atom. The normalized spacial score (nSPS) is 8.44. The zero-order chi connectivity index (χ0) is 6.57. The van der Waals surface area contributed by atoms with Crippen LogP contribution in [0.3, 0.4) is 0 Å². The topological polar surface area (TPSA) is 74.6 Å². The molecule has 0 bridgehead atoms. The molecule has 0 unspecified atom stereocenters. The molecule has 0 aromatic rings. The Balaban J connectivity index is 0. The Morgan fingerprint density at radius 3 is 1.33 bits per heavy atom. The number of carboxylic acid groups (broad SMARTS) is 2. The molecule has 0 aromatic heterocycles. The minimum Gasteiger partial charge on any atom is -0.478 e. The van der Waals surface area contributed by atoms with Gasteiger partial charge < -0.3 is 10.2 Å². The highest BCUT2D eigenvalue weighted by Gasteiger charge is 1.88. The minimum atomic E-state index is -1.26. The van der Waals surface area contributed by atoms with Crippen molar-refractivity contribution in [3.8, 4) is 0 Å². The lowest BCUT2D eigenvalue weighted by Gasteiger charge is -1.74. The molecule has 9 heavy (non-hydrogen) atoms. The van der Waals surface area contributed by atoms with E-state index >= 15 is 0 Å². The molecule has 0 aromatic carbocycles. The number of hydrogen-bond acceptors (Lipinski definition) is 2. The molecule has 48 valence electrons. The Hall–Kier alpha value is -1.10. The maximum Gasteiger partial charge on any atom is 0.328 e. The average Bonchev–Trinajstić information content (AvgIpc) is 1.61. The molecule has 0 heterocycles. The molecule has 0 fully saturated rings. The van der Waals surface area contributed by atoms with Crippen molar-refractivity contribution < 1.29 is 19.8 Å². The van der Waals surface area contributed by atoms with Crippen LogP contribution in [-0.4, -0.2) is 33.1 Å². The predicted octanol–water partition coefficient (Wildman–Crippen LogP) is -0.669. The highest BCUT2D eigenvalue weighted by Crippen LogP contribution is 1.70. The molecule has 0 saturated heterocycles. The first-order chi connectivity index (χ1) is 3.63. The van der Waals surface area contributed by atoms with E-state index in [1.54, 1.807) is 0 Å². The SMILES string of the molecule is O=C(O)/C=C\C(=O)O.[Si]. The van der Waals surface area contributed by atoms with Crippen molar-refractivity contribution in [2.75, 3.05) is 0 Å². The summed E-state index contributed by atoms with van der Waals surface area (Å²) in [4.78, 5) is 19.1. The summed E-state index contributed by atoms with van der Waals surface area (Å²) in [6.07, 6.45) is 1.12. The van der Waals surface area contributed by atoms with Crippen LogP contribution in [0.5, 0.6) is 0 Å². The summed E-state index contributed by atoms with van der Waals surface area (Å²) in [6, 6.07) is 0. The van der Waals surface area contributed by atoms with Crippen molar-refractivity contribution >= 4 is 22.9 Å². The fourth-order valence-corrected chi connectivity index (χ4v) is 0.143. The molecule has 0 spiro atoms. The summed E-state index contributed by atoms with van der Waals surface area (Å²) in [5.74, 6) is -2.51. The van der Waals surface area contributed by atoms with Crippen molar-refractivity contribution in [1.29, 1.82) is 0 Å². The average molecular weight is 144 g/mol. The molecule has 2 N–H and O–H groups in total. The van der Waals surface area contributed by atoms with Gasteiger partial charge in [0, 0.05) is 23.1 Å². The molecule has 0 atom stereocenters. The summed E-state index contributed by atoms with van der Waals surface area (Å²) in [5, 5.41) is 15.6. The second-order valence-corrected chi connectivity index (χ2v) is 1.01. The quantitative estimate of drug-likeness (QED) is 0.398. The van der Waals surface area contributed by atoms with E-state index in [0.717, 1.165) is 0 Å². The van der Waals surface area contributed by atoms with Crippen molar-refractivity contribution in [3.05, 3.63) is 12.2 Å². The molecule has 0 saturated carbocycles. The van der Waals surface area contributed by atoms with Gasteiger partial charge in [0.2, 0.25) is 0 Å². The molecule has 0 aliphatic carbocycles. The number of carboxylic acids is 2. The van der Waals surface area contributed by atoms with E-state index in [1.807, 2.05) is 0 Å². The van der Waals surface area contributed by atoms with Gasteiger partial charge in [-0.2, -0.15) is 0 Å². The van der Waals surface area contributed by atoms with Crippen LogP contribution in [0.15, 0.2) is 12.2 Å². The van der Waals surface area contributed by atoms with Gasteiger partial charge in [0.15, 0.2) is 0 Å². The number of rotatable bonds is 2. The van der Waals surface area contributed by atoms with Crippen LogP contribution in [0.1, 0.15) is 0 Å². The highest BCUT2D eigenvalue weighted by molar-refractivity contribution is 5.89. The van der Waals surface area contributed by atoms with Gasteiger partial charge in [0.1, 0.15) is 0 Å². The second kappa shape index (κ2) is 5.04. The molecular formula is C4H4O4Si. The Labute approximate surface area is 55.8 Å². The van der Waals surface area contributed by atoms with E-state index in [-0.39, 0.29) is 11.0 Å². The molecule has 0 rings (SSSR count). The van der Waals surface area contributed by atoms with Crippen LogP contribution < -0.4 is 0 Å². The maximum atomic E-state index is 9.55. The first-order valence-corrected chi connectivity index (χ1v) is 1.77. The number of carbonyl (C=O) groups is 2. The van der Waals surface area contributed by atoms with E-state index in [9.17, 15) is 9.59 Å². The molecule has 0 aliphatic rings. The van der Waals surface area contributed by atoms with Gasteiger partial charge in [0.25, 0.3) is 0 Å². The zero-order valence-corrected chi connectivity index (χ0v) is 5.37. The monoisotopic (exact) mass is 144 g/mol. The first-order valence-electron chi connectivity index (χ1n) is 1.77. The Kier molecular flexibility index (Phi) is 6.05. The Bertz CT molecular complexity index is 124. The summed E-state index contributed by atoms with van der Waals surface area (Å²) in [7, 11) is 0. The van der Waals surface area contributed by atoms with Gasteiger partial charge in [-0.15, -0.1) is 0 Å². The highest BCUT2D eigenvalue weighted by atomic mass is 28.1. The van der Waals surface area contributed by atoms with Gasteiger partial charge in [-0.05, 0) is 0 Å². The van der Waals surface area contributed by atoms with Gasteiger partial charge in [0.05, 0.1) is 0 Å². The van der Waals surface area contributed by atoms with Crippen molar-refractivity contribution in [1.82, 2.24) is 0 Å². The lowest BCUT2D eigenvalue weighted by molar-refractivity contribution is -0.134. The van der Waals surface area contributed by atoms with Crippen LogP contribution in [-0.2, 0) is 9.59 Å². The lowest BCUT2D eigenvalue weighted by atomic mass is 10.5. The number of hydrogen-bond donors (Lipinski definition) is 2. The Morgan fingerprint density at radius 1 is 1.00 bits per heavy atom. The third-order valence-electron chi connectivity index (χ3n) is 0.368. The summed E-state index contributed by atoms with van der Waals surface area (Å²) in [5.41, 5.74) is 0. The van der Waals surface area contributed by atoms with Gasteiger partial charge in [-0.25, -0.2) is 9.59 Å². The van der Waals surface area contributed by atoms with E-state index in [0.29, 0.717) is 12.2 Å². The molecular weight excluding hydrogens is 140 g/mol. The molecule has 0 aliphatic heterocycles. The lowest BCUT2D eigenvalue weighted by Crippen LogP contribution is -1.91. The van der Waals surface area contributed by atoms with E-state index in [4.69, 9.17) is 10.2 Å². The van der Waals surface area contributed by atoms with Crippen molar-refractivity contribution in [3.63, 3.8) is 0 Å². The van der Waals surface area contributed by atoms with Crippen LogP contribution >= 0.6 is 0 Å². The van der Waals surface area contributed by atoms with Gasteiger partial charge >= 0.3 is 11.9 Å². The van der Waals surface area contributed by atoms with Crippen molar-refractivity contribution in [2.45, 2.75) is 0 Å². The van der Waals surface area contributed by atoms with Gasteiger partial charge in [-0.1, -0.05) is 0 Å². The van der Waals surface area contributed by atoms with Gasteiger partial charge in [-0.3, -0.25) is 0 Å². The van der Waals surface area contributed by atoms with E-state index < -0.39 is 11.9 Å². The molecule has 0 amide bonds. The third kappa shape index (κ3) is 10.9. The standard InChI is InChI=1S/C4H4O4.Si/c5-3(6)1-2-4(7)8;/h1-2H,(H,5,6)(H,7,8);/b2-1-;. The fourth-order valence-electron chi connectivity index (χ4n) is 0.143. The third-order valence-corrected chi connectivity index (χ3v) is 0.368. The first kappa shape index (κ1) is 10.8. The van der Waals surface area contributed by atoms with Crippen molar-refractivity contribution in [2.24, 2.45) is 0 Å². The predicted molar refractivity (Wildman–Crippen MR) is 30.2 cm³/mol. The largest absolute Gasteiger partial charge is 0.478 e. The maximum absolute atomic E-state index is 9.55. The smallest absolute Gasteiger partial charge is 0.328 e. The van der Waals surface area contributed by atoms with Crippen LogP contribution in [0.2, 0.25) is 0 Å².